The van der Waals surface area contributed by atoms with E-state index in [-0.39, 0.29) is 17.8 Å². The van der Waals surface area contributed by atoms with Crippen LogP contribution in [0.15, 0.2) is 35.7 Å². The van der Waals surface area contributed by atoms with Gasteiger partial charge in [-0.25, -0.2) is 4.79 Å². The molecule has 3 rings (SSSR count). The summed E-state index contributed by atoms with van der Waals surface area (Å²) in [7, 11) is 0. The molecule has 2 heterocycles. The number of hydrogen-bond donors (Lipinski definition) is 2. The second kappa shape index (κ2) is 7.04. The van der Waals surface area contributed by atoms with Crippen LogP contribution in [-0.4, -0.2) is 28.6 Å². The van der Waals surface area contributed by atoms with E-state index in [9.17, 15) is 9.90 Å². The Bertz CT molecular complexity index is 666. The fourth-order valence-corrected chi connectivity index (χ4v) is 3.73. The lowest BCUT2D eigenvalue weighted by Gasteiger charge is -2.28. The normalized spacial score (nSPS) is 15.1. The predicted octanol–water partition coefficient (Wildman–Crippen LogP) is 3.54. The van der Waals surface area contributed by atoms with Gasteiger partial charge in [-0.1, -0.05) is 12.1 Å². The monoisotopic (exact) mass is 330 g/mol. The van der Waals surface area contributed by atoms with Crippen molar-refractivity contribution in [3.8, 4) is 5.75 Å². The number of thiophene rings is 1. The molecule has 0 spiro atoms. The fourth-order valence-electron chi connectivity index (χ4n) is 2.84. The molecule has 1 atom stereocenters. The van der Waals surface area contributed by atoms with Crippen molar-refractivity contribution in [1.82, 2.24) is 10.2 Å². The zero-order valence-corrected chi connectivity index (χ0v) is 14.1. The minimum atomic E-state index is 0.0278. The minimum absolute atomic E-state index is 0.0278. The number of benzene rings is 1. The van der Waals surface area contributed by atoms with Gasteiger partial charge in [0.15, 0.2) is 0 Å². The Hall–Kier alpha value is -2.01. The zero-order valence-electron chi connectivity index (χ0n) is 13.3. The van der Waals surface area contributed by atoms with Crippen LogP contribution in [0.1, 0.15) is 29.3 Å². The van der Waals surface area contributed by atoms with Crippen molar-refractivity contribution in [2.24, 2.45) is 0 Å². The third-order valence-corrected chi connectivity index (χ3v) is 5.29. The molecule has 1 aromatic heterocycles. The molecule has 1 aliphatic heterocycles. The summed E-state index contributed by atoms with van der Waals surface area (Å²) in [5.41, 5.74) is 2.46. The zero-order chi connectivity index (χ0) is 16.2. The average Bonchev–Trinajstić information content (AvgIpc) is 3.02. The number of rotatable bonds is 4. The van der Waals surface area contributed by atoms with Crippen LogP contribution >= 0.6 is 11.3 Å². The maximum atomic E-state index is 12.4. The quantitative estimate of drug-likeness (QED) is 0.901. The van der Waals surface area contributed by atoms with Gasteiger partial charge in [-0.05, 0) is 60.9 Å². The van der Waals surface area contributed by atoms with Crippen LogP contribution in [-0.2, 0) is 19.4 Å². The van der Waals surface area contributed by atoms with Crippen LogP contribution in [0.3, 0.4) is 0 Å². The largest absolute Gasteiger partial charge is 0.508 e. The summed E-state index contributed by atoms with van der Waals surface area (Å²) in [6.45, 7) is 3.55. The highest BCUT2D eigenvalue weighted by Gasteiger charge is 2.22. The second-order valence-corrected chi connectivity index (χ2v) is 7.10. The number of carbonyl (C=O) groups excluding carboxylic acids is 1. The van der Waals surface area contributed by atoms with E-state index >= 15 is 0 Å². The number of aromatic hydroxyl groups is 1. The summed E-state index contributed by atoms with van der Waals surface area (Å²) in [5.74, 6) is 0.285. The highest BCUT2D eigenvalue weighted by molar-refractivity contribution is 7.10. The Kier molecular flexibility index (Phi) is 4.86. The summed E-state index contributed by atoms with van der Waals surface area (Å²) in [6, 6.07) is 9.52. The van der Waals surface area contributed by atoms with Crippen LogP contribution in [0, 0.1) is 0 Å². The van der Waals surface area contributed by atoms with Crippen molar-refractivity contribution in [3.63, 3.8) is 0 Å². The molecule has 0 aliphatic carbocycles. The Morgan fingerprint density at radius 1 is 1.35 bits per heavy atom. The van der Waals surface area contributed by atoms with E-state index in [1.807, 2.05) is 24.0 Å². The molecule has 0 saturated carbocycles. The smallest absolute Gasteiger partial charge is 0.317 e. The summed E-state index contributed by atoms with van der Waals surface area (Å²) < 4.78 is 0. The van der Waals surface area contributed by atoms with E-state index in [0.717, 1.165) is 32.4 Å². The average molecular weight is 330 g/mol. The predicted molar refractivity (Wildman–Crippen MR) is 92.9 cm³/mol. The van der Waals surface area contributed by atoms with Gasteiger partial charge in [0.05, 0.1) is 0 Å². The first-order valence-corrected chi connectivity index (χ1v) is 8.88. The lowest BCUT2D eigenvalue weighted by molar-refractivity contribution is 0.189. The summed E-state index contributed by atoms with van der Waals surface area (Å²) in [6.07, 6.45) is 2.73. The Morgan fingerprint density at radius 2 is 2.13 bits per heavy atom. The van der Waals surface area contributed by atoms with E-state index in [4.69, 9.17) is 0 Å². The molecule has 0 fully saturated rings. The molecule has 1 aliphatic rings. The van der Waals surface area contributed by atoms with E-state index in [0.29, 0.717) is 0 Å². The van der Waals surface area contributed by atoms with Crippen LogP contribution in [0.4, 0.5) is 4.79 Å². The first-order valence-electron chi connectivity index (χ1n) is 8.00. The van der Waals surface area contributed by atoms with Crippen molar-refractivity contribution < 1.29 is 9.90 Å². The molecule has 1 unspecified atom stereocenters. The third kappa shape index (κ3) is 4.05. The Morgan fingerprint density at radius 3 is 2.91 bits per heavy atom. The molecule has 2 aromatic rings. The van der Waals surface area contributed by atoms with E-state index in [1.54, 1.807) is 23.5 Å². The number of urea groups is 1. The second-order valence-electron chi connectivity index (χ2n) is 6.10. The Labute approximate surface area is 140 Å². The van der Waals surface area contributed by atoms with Crippen molar-refractivity contribution in [1.29, 1.82) is 0 Å². The van der Waals surface area contributed by atoms with E-state index < -0.39 is 0 Å². The highest BCUT2D eigenvalue weighted by atomic mass is 32.1. The van der Waals surface area contributed by atoms with Crippen LogP contribution in [0.25, 0.3) is 0 Å². The van der Waals surface area contributed by atoms with Crippen LogP contribution in [0.5, 0.6) is 5.75 Å². The number of hydrogen-bond acceptors (Lipinski definition) is 3. The number of fused-ring (bicyclic) bond motifs is 1. The SMILES string of the molecule is CC(CCc1ccc(O)cc1)NC(=O)N1CCc2sccc2C1. The minimum Gasteiger partial charge on any atom is -0.508 e. The number of nitrogens with one attached hydrogen (secondary N) is 1. The van der Waals surface area contributed by atoms with Crippen molar-refractivity contribution in [3.05, 3.63) is 51.7 Å². The van der Waals surface area contributed by atoms with Gasteiger partial charge >= 0.3 is 6.03 Å². The van der Waals surface area contributed by atoms with Gasteiger partial charge in [-0.15, -0.1) is 11.3 Å². The van der Waals surface area contributed by atoms with Crippen LogP contribution in [0.2, 0.25) is 0 Å². The maximum Gasteiger partial charge on any atom is 0.317 e. The molecular weight excluding hydrogens is 308 g/mol. The summed E-state index contributed by atoms with van der Waals surface area (Å²) in [4.78, 5) is 15.7. The van der Waals surface area contributed by atoms with Gasteiger partial charge in [0, 0.05) is 24.0 Å². The van der Waals surface area contributed by atoms with Crippen LogP contribution < -0.4 is 5.32 Å². The molecule has 5 heteroatoms. The molecule has 0 radical (unpaired) electrons. The first-order chi connectivity index (χ1) is 11.1. The molecule has 23 heavy (non-hydrogen) atoms. The lowest BCUT2D eigenvalue weighted by Crippen LogP contribution is -2.45. The molecular formula is C18H22N2O2S. The fraction of sp³-hybridized carbons (Fsp3) is 0.389. The molecule has 2 amide bonds. The molecule has 4 nitrogen and oxygen atoms in total. The van der Waals surface area contributed by atoms with E-state index in [2.05, 4.69) is 16.8 Å². The third-order valence-electron chi connectivity index (χ3n) is 4.27. The highest BCUT2D eigenvalue weighted by Crippen LogP contribution is 2.24. The van der Waals surface area contributed by atoms with Gasteiger partial charge in [0.2, 0.25) is 0 Å². The molecule has 2 N–H and O–H groups in total. The molecule has 122 valence electrons. The summed E-state index contributed by atoms with van der Waals surface area (Å²) in [5, 5.41) is 14.5. The van der Waals surface area contributed by atoms with Gasteiger partial charge < -0.3 is 15.3 Å². The number of phenols is 1. The number of nitrogens with zero attached hydrogens (tertiary/aromatic N) is 1. The van der Waals surface area contributed by atoms with Gasteiger partial charge in [-0.2, -0.15) is 0 Å². The lowest BCUT2D eigenvalue weighted by atomic mass is 10.1. The van der Waals surface area contributed by atoms with Gasteiger partial charge in [0.1, 0.15) is 5.75 Å². The topological polar surface area (TPSA) is 52.6 Å². The number of carbonyl (C=O) groups is 1. The first kappa shape index (κ1) is 15.9. The standard InChI is InChI=1S/C18H22N2O2S/c1-13(2-3-14-4-6-16(21)7-5-14)19-18(22)20-10-8-17-15(12-20)9-11-23-17/h4-7,9,11,13,21H,2-3,8,10,12H2,1H3,(H,19,22). The van der Waals surface area contributed by atoms with Gasteiger partial charge in [0.25, 0.3) is 0 Å². The van der Waals surface area contributed by atoms with Crippen molar-refractivity contribution >= 4 is 17.4 Å². The molecule has 1 aromatic carbocycles. The van der Waals surface area contributed by atoms with Gasteiger partial charge in [-0.3, -0.25) is 0 Å². The molecule has 0 bridgehead atoms. The maximum absolute atomic E-state index is 12.4. The number of phenolic OH excluding ortho intramolecular Hbond substituents is 1. The number of amides is 2. The van der Waals surface area contributed by atoms with Crippen molar-refractivity contribution in [2.75, 3.05) is 6.54 Å². The van der Waals surface area contributed by atoms with Crippen molar-refractivity contribution in [2.45, 2.75) is 38.8 Å². The molecule has 0 saturated heterocycles. The van der Waals surface area contributed by atoms with E-state index in [1.165, 1.54) is 16.0 Å². The Balaban J connectivity index is 1.47. The number of aryl methyl sites for hydroxylation is 1. The summed E-state index contributed by atoms with van der Waals surface area (Å²) >= 11 is 1.78.